The first-order chi connectivity index (χ1) is 11.2. The third-order valence-corrected chi connectivity index (χ3v) is 3.82. The number of piperidine rings is 1. The van der Waals surface area contributed by atoms with Gasteiger partial charge in [-0.15, -0.1) is 0 Å². The Morgan fingerprint density at radius 1 is 1.52 bits per heavy atom. The lowest BCUT2D eigenvalue weighted by molar-refractivity contribution is -0.135. The van der Waals surface area contributed by atoms with E-state index in [0.29, 0.717) is 25.6 Å². The van der Waals surface area contributed by atoms with Crippen LogP contribution in [0.2, 0.25) is 0 Å². The fourth-order valence-corrected chi connectivity index (χ4v) is 2.56. The number of rotatable bonds is 5. The minimum Gasteiger partial charge on any atom is -0.387 e. The van der Waals surface area contributed by atoms with E-state index in [9.17, 15) is 4.79 Å². The molecule has 1 aliphatic heterocycles. The average molecular weight is 320 g/mol. The molecule has 8 heteroatoms. The molecule has 0 aliphatic carbocycles. The maximum absolute atomic E-state index is 11.5. The smallest absolute Gasteiger partial charge is 0.248 e. The van der Waals surface area contributed by atoms with Crippen molar-refractivity contribution < 1.29 is 9.90 Å². The molecule has 0 saturated carbocycles. The van der Waals surface area contributed by atoms with Crippen molar-refractivity contribution in [3.05, 3.63) is 12.4 Å². The highest BCUT2D eigenvalue weighted by atomic mass is 16.3. The number of likely N-dealkylation sites (tertiary alicyclic amines) is 1. The molecule has 0 radical (unpaired) electrons. The molecule has 1 amide bonds. The van der Waals surface area contributed by atoms with E-state index in [2.05, 4.69) is 34.0 Å². The number of nitrogens with one attached hydrogen (secondary N) is 1. The van der Waals surface area contributed by atoms with Gasteiger partial charge < -0.3 is 15.3 Å². The number of aliphatic hydroxyl groups excluding tert-OH is 1. The van der Waals surface area contributed by atoms with Crippen molar-refractivity contribution in [1.29, 1.82) is 0 Å². The van der Waals surface area contributed by atoms with Crippen molar-refractivity contribution in [1.82, 2.24) is 14.7 Å². The van der Waals surface area contributed by atoms with Gasteiger partial charge in [-0.25, -0.2) is 4.99 Å². The van der Waals surface area contributed by atoms with Crippen LogP contribution in [0.3, 0.4) is 0 Å². The minimum absolute atomic E-state index is 0.208. The molecule has 2 N–H and O–H groups in total. The largest absolute Gasteiger partial charge is 0.387 e. The van der Waals surface area contributed by atoms with Crippen LogP contribution in [0.15, 0.2) is 22.4 Å². The molecule has 8 nitrogen and oxygen atoms in total. The maximum atomic E-state index is 11.5. The number of amides is 1. The molecule has 1 aliphatic rings. The first kappa shape index (κ1) is 17.1. The highest BCUT2D eigenvalue weighted by molar-refractivity contribution is 5.96. The summed E-state index contributed by atoms with van der Waals surface area (Å²) in [6.45, 7) is 7.13. The third kappa shape index (κ3) is 4.62. The molecular weight excluding hydrogens is 296 g/mol. The topological polar surface area (TPSA) is 95.1 Å². The molecule has 0 atom stereocenters. The molecule has 126 valence electrons. The molecule has 0 spiro atoms. The summed E-state index contributed by atoms with van der Waals surface area (Å²) in [6, 6.07) is 0.251. The standard InChI is InChI=1S/C15H24N6O2/c1-3-6-17-15(16-2)19-12-9-18-21(10-12)13-4-7-20(8-5-13)14(23)11-22/h9-10,13,22H,2-8,11H2,1H3,(H,17,19). The van der Waals surface area contributed by atoms with E-state index in [0.717, 1.165) is 24.9 Å². The van der Waals surface area contributed by atoms with Gasteiger partial charge in [0.15, 0.2) is 0 Å². The first-order valence-electron chi connectivity index (χ1n) is 7.89. The number of aliphatic hydroxyl groups is 1. The Bertz CT molecular complexity index is 560. The van der Waals surface area contributed by atoms with Crippen molar-refractivity contribution in [2.24, 2.45) is 9.98 Å². The van der Waals surface area contributed by atoms with Crippen molar-refractivity contribution in [2.45, 2.75) is 32.2 Å². The summed E-state index contributed by atoms with van der Waals surface area (Å²) in [7, 11) is 0. The van der Waals surface area contributed by atoms with Crippen LogP contribution in [0.5, 0.6) is 0 Å². The molecule has 2 rings (SSSR count). The molecule has 1 fully saturated rings. The van der Waals surface area contributed by atoms with Crippen LogP contribution >= 0.6 is 0 Å². The summed E-state index contributed by atoms with van der Waals surface area (Å²) in [5.41, 5.74) is 0.820. The Morgan fingerprint density at radius 3 is 2.87 bits per heavy atom. The molecule has 1 aromatic rings. The molecule has 2 heterocycles. The van der Waals surface area contributed by atoms with Crippen LogP contribution in [0.25, 0.3) is 0 Å². The van der Waals surface area contributed by atoms with Gasteiger partial charge in [0.1, 0.15) is 6.61 Å². The van der Waals surface area contributed by atoms with Crippen LogP contribution in [0, 0.1) is 0 Å². The summed E-state index contributed by atoms with van der Waals surface area (Å²) < 4.78 is 1.91. The van der Waals surface area contributed by atoms with E-state index in [4.69, 9.17) is 5.11 Å². The Hall–Kier alpha value is -2.22. The Kier molecular flexibility index (Phi) is 6.28. The third-order valence-electron chi connectivity index (χ3n) is 3.82. The van der Waals surface area contributed by atoms with Gasteiger partial charge in [0.25, 0.3) is 0 Å². The fraction of sp³-hybridized carbons (Fsp3) is 0.600. The number of anilines is 1. The van der Waals surface area contributed by atoms with Crippen LogP contribution in [-0.4, -0.2) is 64.6 Å². The first-order valence-corrected chi connectivity index (χ1v) is 7.89. The lowest BCUT2D eigenvalue weighted by Gasteiger charge is -2.31. The second kappa shape index (κ2) is 8.42. The SMILES string of the molecule is C=N/C(=N\CCC)Nc1cnn(C2CCN(C(=O)CO)CC2)c1. The van der Waals surface area contributed by atoms with Crippen molar-refractivity contribution in [2.75, 3.05) is 31.6 Å². The zero-order valence-electron chi connectivity index (χ0n) is 13.5. The number of hydrogen-bond acceptors (Lipinski definition) is 4. The molecule has 0 aromatic carbocycles. The average Bonchev–Trinajstić information content (AvgIpc) is 3.06. The number of carbonyl (C=O) groups excluding carboxylic acids is 1. The summed E-state index contributed by atoms with van der Waals surface area (Å²) in [5.74, 6) is 0.287. The lowest BCUT2D eigenvalue weighted by atomic mass is 10.1. The van der Waals surface area contributed by atoms with Crippen LogP contribution in [0.1, 0.15) is 32.2 Å². The fourth-order valence-electron chi connectivity index (χ4n) is 2.56. The zero-order valence-corrected chi connectivity index (χ0v) is 13.5. The van der Waals surface area contributed by atoms with Gasteiger partial charge in [0.2, 0.25) is 11.9 Å². The van der Waals surface area contributed by atoms with Gasteiger partial charge in [-0.3, -0.25) is 14.5 Å². The van der Waals surface area contributed by atoms with E-state index in [1.54, 1.807) is 11.1 Å². The molecule has 0 unspecified atom stereocenters. The number of hydrogen-bond donors (Lipinski definition) is 2. The number of aliphatic imine (C=N–C) groups is 2. The highest BCUT2D eigenvalue weighted by Crippen LogP contribution is 2.23. The molecule has 1 aromatic heterocycles. The van der Waals surface area contributed by atoms with E-state index in [1.807, 2.05) is 10.9 Å². The number of carbonyl (C=O) groups is 1. The number of aromatic nitrogens is 2. The molecular formula is C15H24N6O2. The second-order valence-corrected chi connectivity index (χ2v) is 5.47. The predicted molar refractivity (Wildman–Crippen MR) is 89.9 cm³/mol. The summed E-state index contributed by atoms with van der Waals surface area (Å²) in [6.07, 6.45) is 6.25. The Morgan fingerprint density at radius 2 is 2.26 bits per heavy atom. The highest BCUT2D eigenvalue weighted by Gasteiger charge is 2.23. The second-order valence-electron chi connectivity index (χ2n) is 5.47. The monoisotopic (exact) mass is 320 g/mol. The maximum Gasteiger partial charge on any atom is 0.248 e. The normalized spacial score (nSPS) is 16.4. The number of nitrogens with zero attached hydrogens (tertiary/aromatic N) is 5. The van der Waals surface area contributed by atoms with E-state index in [-0.39, 0.29) is 11.9 Å². The lowest BCUT2D eigenvalue weighted by Crippen LogP contribution is -2.40. The molecule has 23 heavy (non-hydrogen) atoms. The number of guanidine groups is 1. The quantitative estimate of drug-likeness (QED) is 0.623. The van der Waals surface area contributed by atoms with Gasteiger partial charge in [0.05, 0.1) is 17.9 Å². The summed E-state index contributed by atoms with van der Waals surface area (Å²) >= 11 is 0. The van der Waals surface area contributed by atoms with Gasteiger partial charge in [-0.05, 0) is 26.0 Å². The van der Waals surface area contributed by atoms with Gasteiger partial charge in [0, 0.05) is 25.8 Å². The Labute approximate surface area is 135 Å². The zero-order chi connectivity index (χ0) is 16.7. The summed E-state index contributed by atoms with van der Waals surface area (Å²) in [4.78, 5) is 21.3. The van der Waals surface area contributed by atoms with Crippen LogP contribution < -0.4 is 5.32 Å². The van der Waals surface area contributed by atoms with Gasteiger partial charge >= 0.3 is 0 Å². The Balaban J connectivity index is 1.92. The van der Waals surface area contributed by atoms with Gasteiger partial charge in [-0.1, -0.05) is 6.92 Å². The molecule has 1 saturated heterocycles. The molecule has 0 bridgehead atoms. The van der Waals surface area contributed by atoms with E-state index < -0.39 is 6.61 Å². The van der Waals surface area contributed by atoms with E-state index in [1.165, 1.54) is 0 Å². The van der Waals surface area contributed by atoms with E-state index >= 15 is 0 Å². The van der Waals surface area contributed by atoms with Gasteiger partial charge in [-0.2, -0.15) is 5.10 Å². The van der Waals surface area contributed by atoms with Crippen LogP contribution in [0.4, 0.5) is 5.69 Å². The van der Waals surface area contributed by atoms with Crippen LogP contribution in [-0.2, 0) is 4.79 Å². The minimum atomic E-state index is -0.422. The van der Waals surface area contributed by atoms with Crippen molar-refractivity contribution in [3.63, 3.8) is 0 Å². The summed E-state index contributed by atoms with van der Waals surface area (Å²) in [5, 5.41) is 16.4. The van der Waals surface area contributed by atoms with Crippen molar-refractivity contribution in [3.8, 4) is 0 Å². The predicted octanol–water partition coefficient (Wildman–Crippen LogP) is 0.917. The van der Waals surface area contributed by atoms with Crippen molar-refractivity contribution >= 4 is 24.3 Å².